The van der Waals surface area contributed by atoms with E-state index in [1.165, 1.54) is 16.2 Å². The maximum atomic E-state index is 14.6. The molecule has 0 bridgehead atoms. The number of carboxylic acids is 1. The number of thiazole rings is 1. The Kier molecular flexibility index (Phi) is 12.0. The molecule has 7 rings (SSSR count). The Bertz CT molecular complexity index is 2050. The highest BCUT2D eigenvalue weighted by Crippen LogP contribution is 2.45. The summed E-state index contributed by atoms with van der Waals surface area (Å²) in [5.41, 5.74) is 1.05. The summed E-state index contributed by atoms with van der Waals surface area (Å²) in [6.45, 7) is 5.44. The van der Waals surface area contributed by atoms with Crippen molar-refractivity contribution in [3.8, 4) is 17.1 Å². The zero-order valence-corrected chi connectivity index (χ0v) is 33.3. The van der Waals surface area contributed by atoms with E-state index in [4.69, 9.17) is 19.2 Å². The van der Waals surface area contributed by atoms with Gasteiger partial charge in [-0.05, 0) is 83.8 Å². The van der Waals surface area contributed by atoms with Crippen molar-refractivity contribution in [3.05, 3.63) is 47.4 Å². The van der Waals surface area contributed by atoms with Crippen molar-refractivity contribution >= 4 is 57.3 Å². The number of anilines is 1. The second kappa shape index (κ2) is 17.1. The van der Waals surface area contributed by atoms with Crippen LogP contribution in [0.2, 0.25) is 0 Å². The van der Waals surface area contributed by atoms with Crippen LogP contribution in [0, 0.1) is 12.8 Å². The lowest BCUT2D eigenvalue weighted by Crippen LogP contribution is -2.56. The van der Waals surface area contributed by atoms with Crippen LogP contribution in [0.3, 0.4) is 0 Å². The molecule has 5 atom stereocenters. The maximum absolute atomic E-state index is 14.6. The third-order valence-electron chi connectivity index (χ3n) is 11.1. The van der Waals surface area contributed by atoms with Gasteiger partial charge >= 0.3 is 18.2 Å². The van der Waals surface area contributed by atoms with Crippen LogP contribution in [-0.2, 0) is 23.9 Å². The highest BCUT2D eigenvalue weighted by Gasteiger charge is 2.61. The van der Waals surface area contributed by atoms with Crippen molar-refractivity contribution in [1.29, 1.82) is 0 Å². The molecule has 4 amide bonds. The number of alkyl carbamates (subject to hydrolysis) is 1. The first-order chi connectivity index (χ1) is 27.4. The van der Waals surface area contributed by atoms with Gasteiger partial charge < -0.3 is 34.9 Å². The number of hydrogen-bond donors (Lipinski definition) is 4. The molecule has 2 aliphatic heterocycles. The first kappa shape index (κ1) is 40.0. The van der Waals surface area contributed by atoms with Gasteiger partial charge in [0, 0.05) is 29.2 Å². The van der Waals surface area contributed by atoms with E-state index in [-0.39, 0.29) is 37.5 Å². The number of aryl methyl sites for hydroxylation is 1. The minimum absolute atomic E-state index is 0.00384. The molecule has 0 unspecified atom stereocenters. The number of nitrogens with zero attached hydrogens (tertiary/aromatic N) is 3. The average Bonchev–Trinajstić information content (AvgIpc) is 3.59. The molecule has 0 spiro atoms. The second-order valence-electron chi connectivity index (χ2n) is 15.7. The van der Waals surface area contributed by atoms with E-state index in [1.807, 2.05) is 37.3 Å². The summed E-state index contributed by atoms with van der Waals surface area (Å²) in [6, 6.07) is 5.41. The maximum Gasteiger partial charge on any atom is 0.413 e. The third-order valence-corrected chi connectivity index (χ3v) is 11.9. The number of aromatic nitrogens is 2. The molecule has 3 fully saturated rings. The van der Waals surface area contributed by atoms with Crippen LogP contribution in [0.1, 0.15) is 90.0 Å². The van der Waals surface area contributed by atoms with Crippen molar-refractivity contribution in [1.82, 2.24) is 25.5 Å². The Morgan fingerprint density at radius 3 is 2.58 bits per heavy atom. The molecule has 304 valence electrons. The Morgan fingerprint density at radius 2 is 1.81 bits per heavy atom. The van der Waals surface area contributed by atoms with Crippen LogP contribution in [-0.4, -0.2) is 92.4 Å². The molecule has 2 saturated carbocycles. The van der Waals surface area contributed by atoms with E-state index in [2.05, 4.69) is 20.9 Å². The fourth-order valence-corrected chi connectivity index (χ4v) is 8.72. The van der Waals surface area contributed by atoms with Crippen molar-refractivity contribution in [2.75, 3.05) is 11.9 Å². The number of ether oxygens (including phenoxy) is 3. The number of fused-ring (bicyclic) bond motifs is 3. The summed E-state index contributed by atoms with van der Waals surface area (Å²) < 4.78 is 17.6. The predicted octanol–water partition coefficient (Wildman–Crippen LogP) is 6.49. The second-order valence-corrected chi connectivity index (χ2v) is 16.6. The lowest BCUT2D eigenvalue weighted by Gasteiger charge is -2.29. The minimum Gasteiger partial charge on any atom is -0.488 e. The van der Waals surface area contributed by atoms with Gasteiger partial charge in [-0.2, -0.15) is 0 Å². The summed E-state index contributed by atoms with van der Waals surface area (Å²) >= 11 is 1.22. The highest BCUT2D eigenvalue weighted by atomic mass is 32.1. The summed E-state index contributed by atoms with van der Waals surface area (Å²) in [4.78, 5) is 77.6. The summed E-state index contributed by atoms with van der Waals surface area (Å²) in [5, 5.41) is 21.3. The molecular formula is C41H50N6O9S. The van der Waals surface area contributed by atoms with E-state index in [9.17, 15) is 29.1 Å². The Balaban J connectivity index is 1.18. The number of carbonyl (C=O) groups excluding carboxylic acids is 4. The molecule has 2 aliphatic carbocycles. The molecule has 1 aromatic carbocycles. The van der Waals surface area contributed by atoms with Crippen LogP contribution < -0.4 is 20.7 Å². The molecule has 3 aromatic rings. The van der Waals surface area contributed by atoms with Crippen molar-refractivity contribution in [2.24, 2.45) is 5.92 Å². The Labute approximate surface area is 334 Å². The molecule has 4 heterocycles. The normalized spacial score (nSPS) is 26.1. The summed E-state index contributed by atoms with van der Waals surface area (Å²) in [6.07, 6.45) is 8.54. The van der Waals surface area contributed by atoms with E-state index in [1.54, 1.807) is 25.3 Å². The number of allylic oxidation sites excluding steroid dienone is 1. The van der Waals surface area contributed by atoms with E-state index in [0.717, 1.165) is 50.5 Å². The number of carbonyl (C=O) groups is 5. The van der Waals surface area contributed by atoms with E-state index >= 15 is 0 Å². The fourth-order valence-electron chi connectivity index (χ4n) is 8.03. The van der Waals surface area contributed by atoms with Gasteiger partial charge in [0.25, 0.3) is 0 Å². The Hall–Kier alpha value is -5.25. The fraction of sp³-hybridized carbons (Fsp3) is 0.537. The summed E-state index contributed by atoms with van der Waals surface area (Å²) in [7, 11) is 0. The van der Waals surface area contributed by atoms with Crippen LogP contribution in [0.4, 0.5) is 14.7 Å². The quantitative estimate of drug-likeness (QED) is 0.182. The topological polar surface area (TPSA) is 198 Å². The molecule has 0 radical (unpaired) electrons. The molecule has 4 N–H and O–H groups in total. The van der Waals surface area contributed by atoms with Gasteiger partial charge in [-0.1, -0.05) is 37.1 Å². The van der Waals surface area contributed by atoms with Crippen molar-refractivity contribution in [2.45, 2.75) is 127 Å². The van der Waals surface area contributed by atoms with Gasteiger partial charge in [0.2, 0.25) is 11.8 Å². The standard InChI is InChI=1S/C41H50N6O9S/c1-23(2)54-40(53)45-38-43-31(22-57-38)30-19-33(28-16-11-12-24(3)34(28)42-30)55-27-18-32-35(48)46-41(37(50)51)20-25(41)13-7-5-4-6-8-17-29(36(49)47(32)21-27)44-39(52)56-26-14-9-10-15-26/h7,11-13,16,19,22-23,25-27,29,32H,4-6,8-10,14-15,17-18,20-21H2,1-3H3,(H,44,52)(H,46,48)(H,50,51)(H,43,45,53)/b13-7-/t25-,27+,29-,32-,41+/m0/s1. The van der Waals surface area contributed by atoms with Gasteiger partial charge in [-0.15, -0.1) is 11.3 Å². The van der Waals surface area contributed by atoms with Gasteiger partial charge in [0.1, 0.15) is 41.3 Å². The number of aliphatic carboxylic acids is 1. The lowest BCUT2D eigenvalue weighted by atomic mass is 10.0. The zero-order valence-electron chi connectivity index (χ0n) is 32.5. The number of nitrogens with one attached hydrogen (secondary N) is 3. The van der Waals surface area contributed by atoms with Gasteiger partial charge in [0.15, 0.2) is 5.13 Å². The van der Waals surface area contributed by atoms with E-state index < -0.39 is 53.7 Å². The number of pyridine rings is 1. The van der Waals surface area contributed by atoms with Gasteiger partial charge in [-0.25, -0.2) is 24.4 Å². The van der Waals surface area contributed by atoms with Crippen LogP contribution >= 0.6 is 11.3 Å². The number of amides is 4. The van der Waals surface area contributed by atoms with Crippen LogP contribution in [0.15, 0.2) is 41.8 Å². The molecule has 15 nitrogen and oxygen atoms in total. The van der Waals surface area contributed by atoms with Crippen LogP contribution in [0.5, 0.6) is 5.75 Å². The predicted molar refractivity (Wildman–Crippen MR) is 212 cm³/mol. The zero-order chi connectivity index (χ0) is 40.3. The molecule has 1 saturated heterocycles. The SMILES string of the molecule is Cc1cccc2c(O[C@@H]3C[C@H]4C(=O)N[C@]5(C(=O)O)C[C@@H]5/C=C\CCCCC[C@H](NC(=O)OC5CCCC5)C(=O)N4C3)cc(-c3csc(NC(=O)OC(C)C)n3)nc12. The first-order valence-electron chi connectivity index (χ1n) is 19.9. The number of carboxylic acid groups (broad SMARTS) is 1. The molecule has 16 heteroatoms. The largest absolute Gasteiger partial charge is 0.488 e. The van der Waals surface area contributed by atoms with Crippen LogP contribution in [0.25, 0.3) is 22.3 Å². The van der Waals surface area contributed by atoms with Gasteiger partial charge in [0.05, 0.1) is 23.9 Å². The smallest absolute Gasteiger partial charge is 0.413 e. The number of para-hydroxylation sites is 1. The molecule has 2 aromatic heterocycles. The Morgan fingerprint density at radius 1 is 1.02 bits per heavy atom. The van der Waals surface area contributed by atoms with Gasteiger partial charge in [-0.3, -0.25) is 14.9 Å². The van der Waals surface area contributed by atoms with Crippen molar-refractivity contribution < 1.29 is 43.3 Å². The number of benzene rings is 1. The number of rotatable bonds is 8. The van der Waals surface area contributed by atoms with E-state index in [0.29, 0.717) is 46.0 Å². The average molecular weight is 803 g/mol. The number of hydrogen-bond acceptors (Lipinski definition) is 11. The first-order valence-corrected chi connectivity index (χ1v) is 20.8. The third kappa shape index (κ3) is 9.16. The lowest BCUT2D eigenvalue weighted by molar-refractivity contribution is -0.145. The molecule has 57 heavy (non-hydrogen) atoms. The highest BCUT2D eigenvalue weighted by molar-refractivity contribution is 7.14. The summed E-state index contributed by atoms with van der Waals surface area (Å²) in [5.74, 6) is -2.09. The monoisotopic (exact) mass is 802 g/mol. The minimum atomic E-state index is -1.47. The van der Waals surface area contributed by atoms with Crippen molar-refractivity contribution in [3.63, 3.8) is 0 Å². The molecule has 4 aliphatic rings. The molecular weight excluding hydrogens is 753 g/mol.